The minimum Gasteiger partial charge on any atom is -0.478 e. The maximum absolute atomic E-state index is 12.3. The molecule has 0 aliphatic carbocycles. The molecule has 3 N–H and O–H groups in total. The van der Waals surface area contributed by atoms with Gasteiger partial charge in [-0.2, -0.15) is 0 Å². The first-order valence-corrected chi connectivity index (χ1v) is 13.1. The molecule has 2 aromatic heterocycles. The Kier molecular flexibility index (Phi) is 7.17. The van der Waals surface area contributed by atoms with E-state index in [1.165, 1.54) is 0 Å². The number of rotatable bonds is 7. The second kappa shape index (κ2) is 10.7. The molecule has 9 heteroatoms. The van der Waals surface area contributed by atoms with Gasteiger partial charge in [-0.15, -0.1) is 0 Å². The Hall–Kier alpha value is -4.50. The van der Waals surface area contributed by atoms with E-state index in [0.29, 0.717) is 5.11 Å². The van der Waals surface area contributed by atoms with E-state index in [1.807, 2.05) is 80.1 Å². The van der Waals surface area contributed by atoms with E-state index in [0.717, 1.165) is 34.0 Å². The van der Waals surface area contributed by atoms with E-state index in [4.69, 9.17) is 12.2 Å². The van der Waals surface area contributed by atoms with Gasteiger partial charge >= 0.3 is 5.97 Å². The van der Waals surface area contributed by atoms with Gasteiger partial charge in [0.2, 0.25) is 5.91 Å². The summed E-state index contributed by atoms with van der Waals surface area (Å²) in [6.07, 6.45) is 3.72. The molecule has 2 atom stereocenters. The lowest BCUT2D eigenvalue weighted by atomic mass is 10.00. The summed E-state index contributed by atoms with van der Waals surface area (Å²) in [5.41, 5.74) is 5.42. The highest BCUT2D eigenvalue weighted by Gasteiger charge is 2.42. The number of pyridine rings is 1. The van der Waals surface area contributed by atoms with E-state index in [-0.39, 0.29) is 29.5 Å². The molecule has 5 rings (SSSR count). The molecule has 4 aromatic rings. The molecule has 0 bridgehead atoms. The molecule has 0 spiro atoms. The van der Waals surface area contributed by atoms with E-state index < -0.39 is 5.97 Å². The molecule has 1 aliphatic heterocycles. The Morgan fingerprint density at radius 3 is 2.41 bits per heavy atom. The first-order valence-electron chi connectivity index (χ1n) is 12.7. The summed E-state index contributed by atoms with van der Waals surface area (Å²) in [5.74, 6) is -1.13. The van der Waals surface area contributed by atoms with Gasteiger partial charge < -0.3 is 25.2 Å². The zero-order valence-electron chi connectivity index (χ0n) is 21.8. The second-order valence-corrected chi connectivity index (χ2v) is 10.2. The molecule has 0 saturated carbocycles. The summed E-state index contributed by atoms with van der Waals surface area (Å²) in [5, 5.41) is 16.4. The van der Waals surface area contributed by atoms with Crippen LogP contribution in [0.15, 0.2) is 85.2 Å². The predicted octanol–water partition coefficient (Wildman–Crippen LogP) is 5.65. The number of nitrogens with zero attached hydrogens (tertiary/aromatic N) is 3. The molecular formula is C30H29N5O3S. The Morgan fingerprint density at radius 2 is 1.77 bits per heavy atom. The van der Waals surface area contributed by atoms with Crippen LogP contribution in [0.25, 0.3) is 5.69 Å². The standard InChI is InChI=1S/C30H29N5O3S/c1-18(2)28(36)32-23-14-13-22(17-19(23)3)35-27(26(33-30(35)39)24-7-4-5-15-31-24)25-8-6-16-34(25)21-11-9-20(10-12-21)29(37)38/h4-18,26-27H,1-3H3,(H,32,36)(H,33,39)(H,37,38)/t26-,27+/m0/s1. The van der Waals surface area contributed by atoms with Crippen LogP contribution < -0.4 is 15.5 Å². The van der Waals surface area contributed by atoms with Crippen molar-refractivity contribution in [2.75, 3.05) is 10.2 Å². The van der Waals surface area contributed by atoms with E-state index >= 15 is 0 Å². The topological polar surface area (TPSA) is 99.5 Å². The summed E-state index contributed by atoms with van der Waals surface area (Å²) >= 11 is 5.88. The smallest absolute Gasteiger partial charge is 0.335 e. The molecule has 39 heavy (non-hydrogen) atoms. The van der Waals surface area contributed by atoms with E-state index in [1.54, 1.807) is 30.5 Å². The first kappa shape index (κ1) is 26.1. The number of nitrogens with one attached hydrogen (secondary N) is 2. The SMILES string of the molecule is Cc1cc(N2C(=S)N[C@@H](c3ccccn3)[C@H]2c2cccn2-c2ccc(C(=O)O)cc2)ccc1NC(=O)C(C)C. The van der Waals surface area contributed by atoms with E-state index in [9.17, 15) is 14.7 Å². The summed E-state index contributed by atoms with van der Waals surface area (Å²) < 4.78 is 2.04. The number of anilines is 2. The number of hydrogen-bond acceptors (Lipinski definition) is 4. The third-order valence-corrected chi connectivity index (χ3v) is 7.16. The molecule has 1 fully saturated rings. The summed E-state index contributed by atoms with van der Waals surface area (Å²) in [4.78, 5) is 30.4. The third kappa shape index (κ3) is 5.13. The minimum absolute atomic E-state index is 0.0379. The number of benzene rings is 2. The maximum Gasteiger partial charge on any atom is 0.335 e. The largest absolute Gasteiger partial charge is 0.478 e. The number of carbonyl (C=O) groups is 2. The van der Waals surface area contributed by atoms with Crippen LogP contribution in [0, 0.1) is 12.8 Å². The predicted molar refractivity (Wildman–Crippen MR) is 155 cm³/mol. The van der Waals surface area contributed by atoms with Gasteiger partial charge in [-0.3, -0.25) is 9.78 Å². The highest BCUT2D eigenvalue weighted by molar-refractivity contribution is 7.80. The van der Waals surface area contributed by atoms with Crippen molar-refractivity contribution in [3.63, 3.8) is 0 Å². The van der Waals surface area contributed by atoms with Crippen molar-refractivity contribution in [1.82, 2.24) is 14.9 Å². The fourth-order valence-corrected chi connectivity index (χ4v) is 5.13. The zero-order valence-corrected chi connectivity index (χ0v) is 22.6. The lowest BCUT2D eigenvalue weighted by Crippen LogP contribution is -2.30. The number of thiocarbonyl (C=S) groups is 1. The summed E-state index contributed by atoms with van der Waals surface area (Å²) in [7, 11) is 0. The van der Waals surface area contributed by atoms with Crippen LogP contribution in [0.5, 0.6) is 0 Å². The molecule has 2 aromatic carbocycles. The number of aromatic carboxylic acids is 1. The first-order chi connectivity index (χ1) is 18.7. The monoisotopic (exact) mass is 539 g/mol. The fourth-order valence-electron chi connectivity index (χ4n) is 4.78. The quantitative estimate of drug-likeness (QED) is 0.261. The average Bonchev–Trinajstić information content (AvgIpc) is 3.54. The van der Waals surface area contributed by atoms with Crippen molar-refractivity contribution in [2.24, 2.45) is 5.92 Å². The number of hydrogen-bond donors (Lipinski definition) is 3. The van der Waals surface area contributed by atoms with Crippen molar-refractivity contribution < 1.29 is 14.7 Å². The van der Waals surface area contributed by atoms with Crippen molar-refractivity contribution in [2.45, 2.75) is 32.9 Å². The van der Waals surface area contributed by atoms with Gasteiger partial charge in [0.25, 0.3) is 0 Å². The highest BCUT2D eigenvalue weighted by Crippen LogP contribution is 2.43. The lowest BCUT2D eigenvalue weighted by molar-refractivity contribution is -0.118. The van der Waals surface area contributed by atoms with Gasteiger partial charge in [-0.25, -0.2) is 4.79 Å². The van der Waals surface area contributed by atoms with Crippen molar-refractivity contribution >= 4 is 40.6 Å². The van der Waals surface area contributed by atoms with Gasteiger partial charge in [-0.05, 0) is 91.4 Å². The van der Waals surface area contributed by atoms with Crippen LogP contribution in [0.4, 0.5) is 11.4 Å². The van der Waals surface area contributed by atoms with Crippen LogP contribution >= 0.6 is 12.2 Å². The van der Waals surface area contributed by atoms with Gasteiger partial charge in [0.05, 0.1) is 17.3 Å². The van der Waals surface area contributed by atoms with Crippen LogP contribution in [-0.2, 0) is 4.79 Å². The van der Waals surface area contributed by atoms with Gasteiger partial charge in [0.15, 0.2) is 5.11 Å². The number of carbonyl (C=O) groups excluding carboxylic acids is 1. The van der Waals surface area contributed by atoms with Gasteiger partial charge in [-0.1, -0.05) is 19.9 Å². The maximum atomic E-state index is 12.3. The Balaban J connectivity index is 1.59. The number of carboxylic acid groups (broad SMARTS) is 1. The number of aryl methyl sites for hydroxylation is 1. The van der Waals surface area contributed by atoms with E-state index in [2.05, 4.69) is 20.5 Å². The molecule has 3 heterocycles. The molecule has 8 nitrogen and oxygen atoms in total. The summed E-state index contributed by atoms with van der Waals surface area (Å²) in [6.45, 7) is 5.68. The molecule has 198 valence electrons. The molecule has 0 radical (unpaired) electrons. The lowest BCUT2D eigenvalue weighted by Gasteiger charge is -2.29. The molecule has 1 aliphatic rings. The Labute approximate surface area is 232 Å². The Bertz CT molecular complexity index is 1530. The van der Waals surface area contributed by atoms with Crippen molar-refractivity contribution in [1.29, 1.82) is 0 Å². The number of carboxylic acids is 1. The number of aromatic nitrogens is 2. The second-order valence-electron chi connectivity index (χ2n) is 9.79. The van der Waals surface area contributed by atoms with Crippen LogP contribution in [-0.4, -0.2) is 31.6 Å². The third-order valence-electron chi connectivity index (χ3n) is 6.84. The van der Waals surface area contributed by atoms with Crippen LogP contribution in [0.2, 0.25) is 0 Å². The van der Waals surface area contributed by atoms with Gasteiger partial charge in [0, 0.05) is 41.1 Å². The highest BCUT2D eigenvalue weighted by atomic mass is 32.1. The van der Waals surface area contributed by atoms with Crippen LogP contribution in [0.3, 0.4) is 0 Å². The summed E-state index contributed by atoms with van der Waals surface area (Å²) in [6, 6.07) is 22.0. The normalized spacial score (nSPS) is 16.8. The minimum atomic E-state index is -0.968. The van der Waals surface area contributed by atoms with Gasteiger partial charge in [0.1, 0.15) is 6.04 Å². The number of amides is 1. The molecule has 1 amide bonds. The molecule has 0 unspecified atom stereocenters. The Morgan fingerprint density at radius 1 is 1.03 bits per heavy atom. The molecular weight excluding hydrogens is 510 g/mol. The van der Waals surface area contributed by atoms with Crippen LogP contribution in [0.1, 0.15) is 53.2 Å². The van der Waals surface area contributed by atoms with Crippen molar-refractivity contribution in [3.8, 4) is 5.69 Å². The molecule has 1 saturated heterocycles. The van der Waals surface area contributed by atoms with Crippen molar-refractivity contribution in [3.05, 3.63) is 108 Å². The fraction of sp³-hybridized carbons (Fsp3) is 0.200. The average molecular weight is 540 g/mol. The zero-order chi connectivity index (χ0) is 27.7.